The van der Waals surface area contributed by atoms with E-state index in [1.54, 1.807) is 0 Å². The number of esters is 1. The van der Waals surface area contributed by atoms with Crippen molar-refractivity contribution in [3.63, 3.8) is 0 Å². The van der Waals surface area contributed by atoms with Crippen LogP contribution in [0.2, 0.25) is 0 Å². The number of fused-ring (bicyclic) bond motifs is 1. The molecule has 2 aromatic rings. The van der Waals surface area contributed by atoms with Gasteiger partial charge in [0.2, 0.25) is 0 Å². The smallest absolute Gasteiger partial charge is 0.326 e. The summed E-state index contributed by atoms with van der Waals surface area (Å²) in [6, 6.07) is 14.0. The van der Waals surface area contributed by atoms with E-state index in [-0.39, 0.29) is 5.97 Å². The minimum atomic E-state index is -0.698. The van der Waals surface area contributed by atoms with Gasteiger partial charge in [-0.3, -0.25) is 4.79 Å². The molecule has 0 aromatic heterocycles. The molecule has 0 saturated carbocycles. The van der Waals surface area contributed by atoms with Crippen molar-refractivity contribution in [2.45, 2.75) is 26.2 Å². The average Bonchev–Trinajstić information content (AvgIpc) is 2.62. The molecule has 1 aliphatic heterocycles. The van der Waals surface area contributed by atoms with E-state index in [2.05, 4.69) is 0 Å². The van der Waals surface area contributed by atoms with Gasteiger partial charge in [0.1, 0.15) is 11.2 Å². The highest BCUT2D eigenvalue weighted by Gasteiger charge is 2.46. The highest BCUT2D eigenvalue weighted by atomic mass is 16.5. The Bertz CT molecular complexity index is 655. The summed E-state index contributed by atoms with van der Waals surface area (Å²) >= 11 is 0. The second kappa shape index (κ2) is 3.95. The lowest BCUT2D eigenvalue weighted by atomic mass is 9.77. The van der Waals surface area contributed by atoms with Crippen molar-refractivity contribution in [1.82, 2.24) is 0 Å². The minimum Gasteiger partial charge on any atom is -0.425 e. The van der Waals surface area contributed by atoms with Gasteiger partial charge in [-0.25, -0.2) is 0 Å². The van der Waals surface area contributed by atoms with Crippen LogP contribution in [-0.2, 0) is 10.2 Å². The molecule has 0 bridgehead atoms. The first-order chi connectivity index (χ1) is 9.01. The van der Waals surface area contributed by atoms with Crippen molar-refractivity contribution < 1.29 is 9.53 Å². The highest BCUT2D eigenvalue weighted by molar-refractivity contribution is 5.94. The Morgan fingerprint density at radius 3 is 2.26 bits per heavy atom. The van der Waals surface area contributed by atoms with Crippen molar-refractivity contribution in [2.75, 3.05) is 0 Å². The van der Waals surface area contributed by atoms with Crippen LogP contribution < -0.4 is 4.74 Å². The summed E-state index contributed by atoms with van der Waals surface area (Å²) in [6.07, 6.45) is 0. The van der Waals surface area contributed by atoms with Crippen molar-refractivity contribution in [1.29, 1.82) is 0 Å². The maximum atomic E-state index is 12.3. The van der Waals surface area contributed by atoms with Crippen LogP contribution in [0, 0.1) is 13.8 Å². The molecule has 0 unspecified atom stereocenters. The molecule has 0 amide bonds. The van der Waals surface area contributed by atoms with Crippen LogP contribution in [0.1, 0.15) is 29.2 Å². The van der Waals surface area contributed by atoms with E-state index >= 15 is 0 Å². The number of ether oxygens (including phenoxy) is 1. The number of benzene rings is 2. The Morgan fingerprint density at radius 1 is 0.947 bits per heavy atom. The Balaban J connectivity index is 2.19. The van der Waals surface area contributed by atoms with E-state index < -0.39 is 5.41 Å². The number of hydrogen-bond donors (Lipinski definition) is 0. The van der Waals surface area contributed by atoms with Crippen LogP contribution >= 0.6 is 0 Å². The summed E-state index contributed by atoms with van der Waals surface area (Å²) in [7, 11) is 0. The second-order valence-electron chi connectivity index (χ2n) is 5.38. The van der Waals surface area contributed by atoms with Crippen LogP contribution in [0.4, 0.5) is 0 Å². The number of rotatable bonds is 1. The third-order valence-corrected chi connectivity index (χ3v) is 3.92. The molecular formula is C17H16O2. The van der Waals surface area contributed by atoms with Crippen molar-refractivity contribution in [2.24, 2.45) is 0 Å². The lowest BCUT2D eigenvalue weighted by molar-refractivity contribution is -0.136. The predicted molar refractivity (Wildman–Crippen MR) is 74.4 cm³/mol. The first-order valence-corrected chi connectivity index (χ1v) is 6.42. The van der Waals surface area contributed by atoms with Gasteiger partial charge >= 0.3 is 5.97 Å². The Labute approximate surface area is 113 Å². The van der Waals surface area contributed by atoms with Crippen molar-refractivity contribution in [3.8, 4) is 5.75 Å². The maximum absolute atomic E-state index is 12.3. The molecular weight excluding hydrogens is 236 g/mol. The molecule has 1 aliphatic rings. The fraction of sp³-hybridized carbons (Fsp3) is 0.235. The quantitative estimate of drug-likeness (QED) is 0.573. The van der Waals surface area contributed by atoms with E-state index in [0.717, 1.165) is 16.7 Å². The summed E-state index contributed by atoms with van der Waals surface area (Å²) in [5.74, 6) is 0.491. The minimum absolute atomic E-state index is 0.197. The molecule has 0 fully saturated rings. The third-order valence-electron chi connectivity index (χ3n) is 3.92. The summed E-state index contributed by atoms with van der Waals surface area (Å²) in [6.45, 7) is 5.97. The zero-order chi connectivity index (χ0) is 13.6. The Hall–Kier alpha value is -2.09. The SMILES string of the molecule is Cc1ccc([C@@]2(C)C(=O)Oc3cc(C)ccc32)cc1. The fourth-order valence-electron chi connectivity index (χ4n) is 2.60. The zero-order valence-electron chi connectivity index (χ0n) is 11.4. The lowest BCUT2D eigenvalue weighted by Crippen LogP contribution is -2.31. The molecule has 2 heteroatoms. The Kier molecular flexibility index (Phi) is 2.49. The van der Waals surface area contributed by atoms with Crippen LogP contribution in [0.5, 0.6) is 5.75 Å². The van der Waals surface area contributed by atoms with E-state index in [1.807, 2.05) is 63.2 Å². The summed E-state index contributed by atoms with van der Waals surface area (Å²) in [5.41, 5.74) is 3.51. The van der Waals surface area contributed by atoms with Crippen molar-refractivity contribution in [3.05, 3.63) is 64.7 Å². The van der Waals surface area contributed by atoms with Gasteiger partial charge in [-0.15, -0.1) is 0 Å². The van der Waals surface area contributed by atoms with Gasteiger partial charge in [-0.1, -0.05) is 42.0 Å². The van der Waals surface area contributed by atoms with E-state index in [9.17, 15) is 4.79 Å². The van der Waals surface area contributed by atoms with E-state index in [1.165, 1.54) is 5.56 Å². The highest BCUT2D eigenvalue weighted by Crippen LogP contribution is 2.44. The van der Waals surface area contributed by atoms with Gasteiger partial charge in [0.15, 0.2) is 0 Å². The maximum Gasteiger partial charge on any atom is 0.326 e. The number of carbonyl (C=O) groups excluding carboxylic acids is 1. The van der Waals surface area contributed by atoms with Gasteiger partial charge in [0.25, 0.3) is 0 Å². The molecule has 0 radical (unpaired) electrons. The Morgan fingerprint density at radius 2 is 1.58 bits per heavy atom. The molecule has 0 spiro atoms. The molecule has 3 rings (SSSR count). The largest absolute Gasteiger partial charge is 0.425 e. The number of carbonyl (C=O) groups is 1. The van der Waals surface area contributed by atoms with Gasteiger partial charge in [0, 0.05) is 5.56 Å². The van der Waals surface area contributed by atoms with Gasteiger partial charge in [-0.05, 0) is 38.0 Å². The second-order valence-corrected chi connectivity index (χ2v) is 5.38. The van der Waals surface area contributed by atoms with Gasteiger partial charge in [-0.2, -0.15) is 0 Å². The standard InChI is InChI=1S/C17H16O2/c1-11-4-7-13(8-5-11)17(3)14-9-6-12(2)10-15(14)19-16(17)18/h4-10H,1-3H3/t17-/m1/s1. The monoisotopic (exact) mass is 252 g/mol. The summed E-state index contributed by atoms with van der Waals surface area (Å²) in [4.78, 5) is 12.3. The number of hydrogen-bond acceptors (Lipinski definition) is 2. The molecule has 1 heterocycles. The van der Waals surface area contributed by atoms with Gasteiger partial charge < -0.3 is 4.74 Å². The molecule has 0 saturated heterocycles. The van der Waals surface area contributed by atoms with Crippen LogP contribution in [0.25, 0.3) is 0 Å². The topological polar surface area (TPSA) is 26.3 Å². The van der Waals surface area contributed by atoms with Crippen molar-refractivity contribution >= 4 is 5.97 Å². The molecule has 0 aliphatic carbocycles. The third kappa shape index (κ3) is 1.67. The van der Waals surface area contributed by atoms with Crippen LogP contribution in [-0.4, -0.2) is 5.97 Å². The number of aryl methyl sites for hydroxylation is 2. The fourth-order valence-corrected chi connectivity index (χ4v) is 2.60. The average molecular weight is 252 g/mol. The molecule has 2 aromatic carbocycles. The summed E-state index contributed by atoms with van der Waals surface area (Å²) in [5, 5.41) is 0. The van der Waals surface area contributed by atoms with Crippen LogP contribution in [0.3, 0.4) is 0 Å². The van der Waals surface area contributed by atoms with Crippen LogP contribution in [0.15, 0.2) is 42.5 Å². The lowest BCUT2D eigenvalue weighted by Gasteiger charge is -2.21. The summed E-state index contributed by atoms with van der Waals surface area (Å²) < 4.78 is 5.45. The van der Waals surface area contributed by atoms with E-state index in [4.69, 9.17) is 4.74 Å². The molecule has 96 valence electrons. The zero-order valence-corrected chi connectivity index (χ0v) is 11.4. The molecule has 0 N–H and O–H groups in total. The van der Waals surface area contributed by atoms with Gasteiger partial charge in [0.05, 0.1) is 0 Å². The first-order valence-electron chi connectivity index (χ1n) is 6.42. The van der Waals surface area contributed by atoms with E-state index in [0.29, 0.717) is 5.75 Å². The molecule has 1 atom stereocenters. The molecule has 2 nitrogen and oxygen atoms in total. The predicted octanol–water partition coefficient (Wildman–Crippen LogP) is 3.53. The normalized spacial score (nSPS) is 21.1. The first kappa shape index (κ1) is 12.0. The molecule has 19 heavy (non-hydrogen) atoms.